The van der Waals surface area contributed by atoms with E-state index >= 15 is 0 Å². The Balaban J connectivity index is 1.84. The van der Waals surface area contributed by atoms with Gasteiger partial charge in [-0.05, 0) is 36.5 Å². The van der Waals surface area contributed by atoms with Gasteiger partial charge < -0.3 is 9.64 Å². The summed E-state index contributed by atoms with van der Waals surface area (Å²) >= 11 is 0. The number of piperidine rings is 1. The Labute approximate surface area is 144 Å². The number of carbonyl (C=O) groups excluding carboxylic acids is 1. The van der Waals surface area contributed by atoms with E-state index in [2.05, 4.69) is 6.92 Å². The third-order valence-electron chi connectivity index (χ3n) is 4.27. The van der Waals surface area contributed by atoms with Crippen LogP contribution in [-0.4, -0.2) is 56.5 Å². The van der Waals surface area contributed by atoms with Crippen molar-refractivity contribution in [3.05, 3.63) is 29.8 Å². The van der Waals surface area contributed by atoms with Crippen LogP contribution in [0.5, 0.6) is 5.75 Å². The predicted octanol–water partition coefficient (Wildman–Crippen LogP) is 1.72. The molecule has 134 valence electrons. The fourth-order valence-electron chi connectivity index (χ4n) is 2.72. The van der Waals surface area contributed by atoms with Crippen molar-refractivity contribution in [3.8, 4) is 5.75 Å². The van der Waals surface area contributed by atoms with Crippen LogP contribution in [0.3, 0.4) is 0 Å². The molecular formula is C17H26N2O4S. The van der Waals surface area contributed by atoms with Gasteiger partial charge in [-0.25, -0.2) is 12.7 Å². The summed E-state index contributed by atoms with van der Waals surface area (Å²) in [6.07, 6.45) is 3.40. The molecule has 6 nitrogen and oxygen atoms in total. The molecule has 1 fully saturated rings. The summed E-state index contributed by atoms with van der Waals surface area (Å²) in [6, 6.07) is 7.14. The van der Waals surface area contributed by atoms with Gasteiger partial charge in [-0.3, -0.25) is 4.79 Å². The molecule has 24 heavy (non-hydrogen) atoms. The number of ether oxygens (including phenoxy) is 1. The Morgan fingerprint density at radius 2 is 2.00 bits per heavy atom. The Hall–Kier alpha value is -1.60. The normalized spacial score (nSPS) is 18.7. The summed E-state index contributed by atoms with van der Waals surface area (Å²) < 4.78 is 29.7. The number of nitrogens with zero attached hydrogens (tertiary/aromatic N) is 2. The Morgan fingerprint density at radius 3 is 2.58 bits per heavy atom. The molecule has 0 bridgehead atoms. The maximum atomic E-state index is 12.2. The van der Waals surface area contributed by atoms with Crippen molar-refractivity contribution in [3.63, 3.8) is 0 Å². The zero-order valence-electron chi connectivity index (χ0n) is 14.6. The van der Waals surface area contributed by atoms with Crippen molar-refractivity contribution in [2.75, 3.05) is 33.0 Å². The zero-order chi connectivity index (χ0) is 17.7. The van der Waals surface area contributed by atoms with Crippen LogP contribution in [0, 0.1) is 5.92 Å². The minimum Gasteiger partial charge on any atom is -0.484 e. The van der Waals surface area contributed by atoms with E-state index in [0.717, 1.165) is 25.1 Å². The zero-order valence-corrected chi connectivity index (χ0v) is 15.4. The molecule has 1 aromatic rings. The molecule has 1 saturated heterocycles. The van der Waals surface area contributed by atoms with Crippen LogP contribution in [0.15, 0.2) is 24.3 Å². The molecule has 0 aliphatic carbocycles. The first kappa shape index (κ1) is 18.7. The first-order valence-corrected chi connectivity index (χ1v) is 10.0. The van der Waals surface area contributed by atoms with Gasteiger partial charge >= 0.3 is 0 Å². The molecule has 0 spiro atoms. The molecule has 1 unspecified atom stereocenters. The smallest absolute Gasteiger partial charge is 0.260 e. The van der Waals surface area contributed by atoms with Gasteiger partial charge in [0.15, 0.2) is 6.61 Å². The van der Waals surface area contributed by atoms with Crippen molar-refractivity contribution in [1.29, 1.82) is 0 Å². The van der Waals surface area contributed by atoms with E-state index in [9.17, 15) is 13.2 Å². The number of benzene rings is 1. The van der Waals surface area contributed by atoms with E-state index in [4.69, 9.17) is 4.74 Å². The van der Waals surface area contributed by atoms with E-state index < -0.39 is 10.0 Å². The first-order chi connectivity index (χ1) is 11.3. The van der Waals surface area contributed by atoms with Crippen LogP contribution in [0.2, 0.25) is 0 Å². The van der Waals surface area contributed by atoms with E-state index in [0.29, 0.717) is 18.2 Å². The second-order valence-electron chi connectivity index (χ2n) is 6.54. The van der Waals surface area contributed by atoms with Crippen molar-refractivity contribution < 1.29 is 17.9 Å². The number of hydrogen-bond donors (Lipinski definition) is 0. The second-order valence-corrected chi connectivity index (χ2v) is 8.63. The highest BCUT2D eigenvalue weighted by Gasteiger charge is 2.21. The minimum atomic E-state index is -3.20. The topological polar surface area (TPSA) is 66.9 Å². The van der Waals surface area contributed by atoms with Crippen LogP contribution in [0.4, 0.5) is 0 Å². The van der Waals surface area contributed by atoms with E-state index in [1.165, 1.54) is 24.0 Å². The summed E-state index contributed by atoms with van der Waals surface area (Å²) in [7, 11) is -1.66. The molecular weight excluding hydrogens is 328 g/mol. The lowest BCUT2D eigenvalue weighted by atomic mass is 10.0. The summed E-state index contributed by atoms with van der Waals surface area (Å²) in [5, 5.41) is 0. The lowest BCUT2D eigenvalue weighted by molar-refractivity contribution is -0.135. The van der Waals surface area contributed by atoms with Gasteiger partial charge in [-0.2, -0.15) is 0 Å². The summed E-state index contributed by atoms with van der Waals surface area (Å²) in [5.74, 6) is 1.18. The lowest BCUT2D eigenvalue weighted by Crippen LogP contribution is -2.41. The summed E-state index contributed by atoms with van der Waals surface area (Å²) in [6.45, 7) is 4.12. The largest absolute Gasteiger partial charge is 0.484 e. The highest BCUT2D eigenvalue weighted by Crippen LogP contribution is 2.17. The molecule has 1 aliphatic rings. The Kier molecular flexibility index (Phi) is 6.23. The van der Waals surface area contributed by atoms with Crippen LogP contribution in [0.25, 0.3) is 0 Å². The third-order valence-corrected chi connectivity index (χ3v) is 5.53. The van der Waals surface area contributed by atoms with E-state index in [1.54, 1.807) is 12.1 Å². The highest BCUT2D eigenvalue weighted by molar-refractivity contribution is 7.88. The number of hydrogen-bond acceptors (Lipinski definition) is 4. The average Bonchev–Trinajstić information content (AvgIpc) is 2.53. The molecule has 0 aromatic heterocycles. The number of carbonyl (C=O) groups is 1. The number of amides is 1. The second kappa shape index (κ2) is 7.98. The van der Waals surface area contributed by atoms with Gasteiger partial charge in [0.2, 0.25) is 10.0 Å². The average molecular weight is 354 g/mol. The molecule has 0 N–H and O–H groups in total. The van der Waals surface area contributed by atoms with E-state index in [-0.39, 0.29) is 12.5 Å². The Morgan fingerprint density at radius 1 is 1.33 bits per heavy atom. The van der Waals surface area contributed by atoms with Gasteiger partial charge in [0.25, 0.3) is 5.91 Å². The van der Waals surface area contributed by atoms with Crippen LogP contribution < -0.4 is 4.74 Å². The van der Waals surface area contributed by atoms with Crippen LogP contribution in [-0.2, 0) is 21.4 Å². The van der Waals surface area contributed by atoms with Gasteiger partial charge in [-0.1, -0.05) is 19.1 Å². The van der Waals surface area contributed by atoms with Crippen molar-refractivity contribution in [2.24, 2.45) is 5.92 Å². The summed E-state index contributed by atoms with van der Waals surface area (Å²) in [4.78, 5) is 14.0. The molecule has 0 radical (unpaired) electrons. The van der Waals surface area contributed by atoms with Gasteiger partial charge in [0.1, 0.15) is 5.75 Å². The maximum absolute atomic E-state index is 12.2. The van der Waals surface area contributed by atoms with Gasteiger partial charge in [0, 0.05) is 26.7 Å². The molecule has 7 heteroatoms. The molecule has 1 aromatic carbocycles. The van der Waals surface area contributed by atoms with Gasteiger partial charge in [-0.15, -0.1) is 0 Å². The maximum Gasteiger partial charge on any atom is 0.260 e. The highest BCUT2D eigenvalue weighted by atomic mass is 32.2. The quantitative estimate of drug-likeness (QED) is 0.780. The van der Waals surface area contributed by atoms with Crippen LogP contribution in [0.1, 0.15) is 25.3 Å². The first-order valence-electron chi connectivity index (χ1n) is 8.16. The van der Waals surface area contributed by atoms with Crippen molar-refractivity contribution in [2.45, 2.75) is 26.3 Å². The van der Waals surface area contributed by atoms with Gasteiger partial charge in [0.05, 0.1) is 6.26 Å². The monoisotopic (exact) mass is 354 g/mol. The van der Waals surface area contributed by atoms with Crippen LogP contribution >= 0.6 is 0 Å². The SMILES string of the molecule is CC1CCCN(C(=O)COc2ccc(CN(C)S(C)(=O)=O)cc2)C1. The minimum absolute atomic E-state index is 0.0161. The summed E-state index contributed by atoms with van der Waals surface area (Å²) in [5.41, 5.74) is 0.867. The Bertz CT molecular complexity index is 658. The number of sulfonamides is 1. The molecule has 0 saturated carbocycles. The fraction of sp³-hybridized carbons (Fsp3) is 0.588. The van der Waals surface area contributed by atoms with Crippen molar-refractivity contribution in [1.82, 2.24) is 9.21 Å². The number of rotatable bonds is 6. The third kappa shape index (κ3) is 5.49. The molecule has 1 atom stereocenters. The predicted molar refractivity (Wildman–Crippen MR) is 93.2 cm³/mol. The fourth-order valence-corrected chi connectivity index (χ4v) is 3.10. The number of likely N-dealkylation sites (tertiary alicyclic amines) is 1. The van der Waals surface area contributed by atoms with E-state index in [1.807, 2.05) is 17.0 Å². The lowest BCUT2D eigenvalue weighted by Gasteiger charge is -2.30. The molecule has 1 amide bonds. The molecule has 2 rings (SSSR count). The molecule has 1 heterocycles. The molecule has 1 aliphatic heterocycles. The standard InChI is InChI=1S/C17H26N2O4S/c1-14-5-4-10-19(11-14)17(20)13-23-16-8-6-15(7-9-16)12-18(2)24(3,21)22/h6-9,14H,4-5,10-13H2,1-3H3. The van der Waals surface area contributed by atoms with Crippen molar-refractivity contribution >= 4 is 15.9 Å².